The van der Waals surface area contributed by atoms with Gasteiger partial charge in [-0.15, -0.1) is 0 Å². The third kappa shape index (κ3) is 3.61. The summed E-state index contributed by atoms with van der Waals surface area (Å²) in [6.45, 7) is 11.0. The normalized spacial score (nSPS) is 11.8. The van der Waals surface area contributed by atoms with Gasteiger partial charge in [0.15, 0.2) is 0 Å². The van der Waals surface area contributed by atoms with Crippen LogP contribution in [-0.4, -0.2) is 14.1 Å². The van der Waals surface area contributed by atoms with Gasteiger partial charge in [0.2, 0.25) is 5.95 Å². The molecule has 0 saturated heterocycles. The molecule has 0 amide bonds. The molecule has 3 heteroatoms. The smallest absolute Gasteiger partial charge is 0.215 e. The Kier molecular flexibility index (Phi) is 5.47. The van der Waals surface area contributed by atoms with E-state index in [9.17, 15) is 0 Å². The molecule has 0 fully saturated rings. The number of imidazole rings is 1. The molecule has 0 atom stereocenters. The number of fused-ring (bicyclic) bond motifs is 4. The molecule has 0 unspecified atom stereocenters. The van der Waals surface area contributed by atoms with Gasteiger partial charge in [0.05, 0.1) is 22.1 Å². The van der Waals surface area contributed by atoms with E-state index in [0.29, 0.717) is 0 Å². The molecule has 3 nitrogen and oxygen atoms in total. The first kappa shape index (κ1) is 24.4. The summed E-state index contributed by atoms with van der Waals surface area (Å²) >= 11 is 0. The van der Waals surface area contributed by atoms with Gasteiger partial charge in [-0.3, -0.25) is 4.57 Å². The van der Waals surface area contributed by atoms with E-state index >= 15 is 0 Å². The largest absolute Gasteiger partial charge is 0.313 e. The summed E-state index contributed by atoms with van der Waals surface area (Å²) in [7, 11) is 2.11. The average molecular weight is 520 g/mol. The van der Waals surface area contributed by atoms with Gasteiger partial charge < -0.3 is 4.57 Å². The number of nitrogens with zero attached hydrogens (tertiary/aromatic N) is 3. The van der Waals surface area contributed by atoms with Crippen molar-refractivity contribution in [2.75, 3.05) is 0 Å². The first-order valence-electron chi connectivity index (χ1n) is 14.0. The van der Waals surface area contributed by atoms with E-state index in [1.54, 1.807) is 0 Å². The van der Waals surface area contributed by atoms with Crippen molar-refractivity contribution in [3.63, 3.8) is 0 Å². The maximum Gasteiger partial charge on any atom is 0.215 e. The van der Waals surface area contributed by atoms with Crippen LogP contribution < -0.4 is 0 Å². The van der Waals surface area contributed by atoms with Gasteiger partial charge in [0.1, 0.15) is 0 Å². The number of aromatic nitrogens is 3. The summed E-state index contributed by atoms with van der Waals surface area (Å²) < 4.78 is 4.54. The number of aryl methyl sites for hydroxylation is 6. The zero-order valence-electron chi connectivity index (χ0n) is 24.0. The zero-order chi connectivity index (χ0) is 27.7. The summed E-state index contributed by atoms with van der Waals surface area (Å²) in [4.78, 5) is 5.11. The molecule has 2 heterocycles. The Morgan fingerprint density at radius 1 is 0.525 bits per heavy atom. The third-order valence-corrected chi connectivity index (χ3v) is 8.46. The maximum absolute atomic E-state index is 5.11. The van der Waals surface area contributed by atoms with Crippen molar-refractivity contribution in [1.29, 1.82) is 0 Å². The molecule has 0 aliphatic rings. The van der Waals surface area contributed by atoms with Crippen LogP contribution in [0.4, 0.5) is 0 Å². The third-order valence-electron chi connectivity index (χ3n) is 8.46. The monoisotopic (exact) mass is 519 g/mol. The Hall–Kier alpha value is -4.63. The fourth-order valence-corrected chi connectivity index (χ4v) is 6.79. The highest BCUT2D eigenvalue weighted by molar-refractivity contribution is 6.11. The Morgan fingerprint density at radius 2 is 1.07 bits per heavy atom. The van der Waals surface area contributed by atoms with Crippen LogP contribution >= 0.6 is 0 Å². The predicted octanol–water partition coefficient (Wildman–Crippen LogP) is 9.55. The summed E-state index contributed by atoms with van der Waals surface area (Å²) in [5.41, 5.74) is 16.1. The molecule has 0 bridgehead atoms. The van der Waals surface area contributed by atoms with Crippen molar-refractivity contribution in [2.24, 2.45) is 7.05 Å². The molecule has 0 radical (unpaired) electrons. The van der Waals surface area contributed by atoms with E-state index < -0.39 is 0 Å². The summed E-state index contributed by atoms with van der Waals surface area (Å²) in [5.74, 6) is 0.927. The molecule has 0 aliphatic carbocycles. The molecule has 0 spiro atoms. The van der Waals surface area contributed by atoms with Crippen LogP contribution in [0.5, 0.6) is 0 Å². The summed E-state index contributed by atoms with van der Waals surface area (Å²) in [6, 6.07) is 33.3. The summed E-state index contributed by atoms with van der Waals surface area (Å²) in [6.07, 6.45) is 0. The van der Waals surface area contributed by atoms with Crippen LogP contribution in [-0.2, 0) is 7.05 Å². The van der Waals surface area contributed by atoms with Crippen molar-refractivity contribution in [1.82, 2.24) is 14.1 Å². The van der Waals surface area contributed by atoms with E-state index in [2.05, 4.69) is 142 Å². The second kappa shape index (κ2) is 8.96. The highest BCUT2D eigenvalue weighted by Crippen LogP contribution is 2.39. The van der Waals surface area contributed by atoms with Gasteiger partial charge in [-0.25, -0.2) is 4.98 Å². The van der Waals surface area contributed by atoms with Gasteiger partial charge in [-0.2, -0.15) is 0 Å². The van der Waals surface area contributed by atoms with Crippen molar-refractivity contribution in [3.8, 4) is 28.2 Å². The number of hydrogen-bond acceptors (Lipinski definition) is 1. The van der Waals surface area contributed by atoms with Crippen LogP contribution in [0.2, 0.25) is 0 Å². The second-order valence-corrected chi connectivity index (χ2v) is 11.3. The lowest BCUT2D eigenvalue weighted by molar-refractivity contribution is 0.870. The van der Waals surface area contributed by atoms with E-state index in [1.165, 1.54) is 66.4 Å². The molecular weight excluding hydrogens is 486 g/mol. The van der Waals surface area contributed by atoms with E-state index in [0.717, 1.165) is 22.5 Å². The Bertz CT molecular complexity index is 2080. The molecule has 2 aromatic heterocycles. The highest BCUT2D eigenvalue weighted by Gasteiger charge is 2.19. The highest BCUT2D eigenvalue weighted by atomic mass is 15.2. The Morgan fingerprint density at radius 3 is 1.65 bits per heavy atom. The standard InChI is InChI=1S/C37H33N3/c1-22-18-25(4)36(26(5)19-22)28-15-17-33-30(21-28)29-20-27(35-23(2)10-9-11-24(35)3)14-16-32(29)40(33)37-38-31-12-7-8-13-34(31)39(37)6/h7-21H,1-6H3. The van der Waals surface area contributed by atoms with Crippen molar-refractivity contribution in [3.05, 3.63) is 119 Å². The van der Waals surface area contributed by atoms with Crippen LogP contribution in [0.25, 0.3) is 61.0 Å². The average Bonchev–Trinajstić information content (AvgIpc) is 3.42. The fraction of sp³-hybridized carbons (Fsp3) is 0.162. The quantitative estimate of drug-likeness (QED) is 0.228. The van der Waals surface area contributed by atoms with Gasteiger partial charge in [0.25, 0.3) is 0 Å². The molecule has 5 aromatic carbocycles. The van der Waals surface area contributed by atoms with Gasteiger partial charge in [-0.1, -0.05) is 60.2 Å². The predicted molar refractivity (Wildman–Crippen MR) is 170 cm³/mol. The number of benzene rings is 5. The lowest BCUT2D eigenvalue weighted by atomic mass is 9.92. The fourth-order valence-electron chi connectivity index (χ4n) is 6.79. The van der Waals surface area contributed by atoms with Gasteiger partial charge >= 0.3 is 0 Å². The summed E-state index contributed by atoms with van der Waals surface area (Å²) in [5, 5.41) is 2.48. The number of rotatable bonds is 3. The topological polar surface area (TPSA) is 22.8 Å². The number of para-hydroxylation sites is 2. The van der Waals surface area contributed by atoms with Crippen molar-refractivity contribution < 1.29 is 0 Å². The Balaban J connectivity index is 1.58. The first-order chi connectivity index (χ1) is 19.3. The van der Waals surface area contributed by atoms with Crippen LogP contribution in [0, 0.1) is 34.6 Å². The van der Waals surface area contributed by atoms with E-state index in [-0.39, 0.29) is 0 Å². The second-order valence-electron chi connectivity index (χ2n) is 11.3. The molecule has 7 rings (SSSR count). The molecule has 0 N–H and O–H groups in total. The first-order valence-corrected chi connectivity index (χ1v) is 14.0. The van der Waals surface area contributed by atoms with Crippen molar-refractivity contribution >= 4 is 32.8 Å². The maximum atomic E-state index is 5.11. The van der Waals surface area contributed by atoms with Gasteiger partial charge in [-0.05, 0) is 116 Å². The molecule has 7 aromatic rings. The van der Waals surface area contributed by atoms with Crippen LogP contribution in [0.1, 0.15) is 27.8 Å². The zero-order valence-corrected chi connectivity index (χ0v) is 24.0. The molecule has 0 saturated carbocycles. The van der Waals surface area contributed by atoms with Gasteiger partial charge in [0, 0.05) is 17.8 Å². The van der Waals surface area contributed by atoms with Crippen LogP contribution in [0.3, 0.4) is 0 Å². The molecular formula is C37H33N3. The molecule has 40 heavy (non-hydrogen) atoms. The minimum atomic E-state index is 0.927. The lowest BCUT2D eigenvalue weighted by Gasteiger charge is -2.12. The minimum absolute atomic E-state index is 0.927. The molecule has 196 valence electrons. The van der Waals surface area contributed by atoms with Crippen LogP contribution in [0.15, 0.2) is 91.0 Å². The van der Waals surface area contributed by atoms with E-state index in [1.807, 2.05) is 0 Å². The van der Waals surface area contributed by atoms with E-state index in [4.69, 9.17) is 4.98 Å². The van der Waals surface area contributed by atoms with Crippen molar-refractivity contribution in [2.45, 2.75) is 34.6 Å². The molecule has 0 aliphatic heterocycles. The Labute approximate surface area is 235 Å². The minimum Gasteiger partial charge on any atom is -0.313 e. The SMILES string of the molecule is Cc1cc(C)c(-c2ccc3c(c2)c2cc(-c4c(C)cccc4C)ccc2n3-c2nc3ccccc3n2C)c(C)c1. The lowest BCUT2D eigenvalue weighted by Crippen LogP contribution is -2.03. The number of hydrogen-bond donors (Lipinski definition) is 0.